The molecule has 0 atom stereocenters. The molecule has 13 heavy (non-hydrogen) atoms. The predicted octanol–water partition coefficient (Wildman–Crippen LogP) is 1.63. The van der Waals surface area contributed by atoms with Crippen LogP contribution in [0, 0.1) is 5.41 Å². The first-order valence-corrected chi connectivity index (χ1v) is 4.89. The van der Waals surface area contributed by atoms with Gasteiger partial charge in [0.1, 0.15) is 6.73 Å². The van der Waals surface area contributed by atoms with Crippen molar-refractivity contribution in [3.63, 3.8) is 0 Å². The van der Waals surface area contributed by atoms with E-state index in [4.69, 9.17) is 4.74 Å². The van der Waals surface area contributed by atoms with Crippen LogP contribution >= 0.6 is 0 Å². The van der Waals surface area contributed by atoms with Crippen LogP contribution in [-0.2, 0) is 9.53 Å². The Bertz CT molecular complexity index is 176. The van der Waals surface area contributed by atoms with E-state index in [1.165, 1.54) is 0 Å². The van der Waals surface area contributed by atoms with Crippen molar-refractivity contribution in [2.45, 2.75) is 33.6 Å². The molecule has 1 heterocycles. The first-order valence-electron chi connectivity index (χ1n) is 4.89. The van der Waals surface area contributed by atoms with Gasteiger partial charge in [0.2, 0.25) is 5.91 Å². The van der Waals surface area contributed by atoms with Crippen molar-refractivity contribution in [2.75, 3.05) is 19.9 Å². The molecule has 3 heteroatoms. The highest BCUT2D eigenvalue weighted by atomic mass is 16.5. The molecule has 0 N–H and O–H groups in total. The molecule has 0 aromatic carbocycles. The van der Waals surface area contributed by atoms with Gasteiger partial charge in [0.05, 0.1) is 0 Å². The molecule has 0 bridgehead atoms. The van der Waals surface area contributed by atoms with Crippen molar-refractivity contribution >= 4 is 5.91 Å². The van der Waals surface area contributed by atoms with Gasteiger partial charge in [0, 0.05) is 18.6 Å². The first kappa shape index (κ1) is 10.5. The summed E-state index contributed by atoms with van der Waals surface area (Å²) in [5, 5.41) is 0. The predicted molar refractivity (Wildman–Crippen MR) is 51.2 cm³/mol. The monoisotopic (exact) mass is 185 g/mol. The number of hydrogen-bond donors (Lipinski definition) is 0. The number of carbonyl (C=O) groups excluding carboxylic acids is 1. The minimum Gasteiger partial charge on any atom is -0.361 e. The quantitative estimate of drug-likeness (QED) is 0.574. The summed E-state index contributed by atoms with van der Waals surface area (Å²) in [6, 6.07) is 0. The summed E-state index contributed by atoms with van der Waals surface area (Å²) in [7, 11) is 0. The normalized spacial score (nSPS) is 19.8. The zero-order valence-electron chi connectivity index (χ0n) is 8.80. The van der Waals surface area contributed by atoms with Crippen LogP contribution in [0.1, 0.15) is 33.6 Å². The Hall–Kier alpha value is -0.570. The average Bonchev–Trinajstić information content (AvgIpc) is 2.28. The van der Waals surface area contributed by atoms with Gasteiger partial charge in [-0.05, 0) is 12.8 Å². The van der Waals surface area contributed by atoms with Crippen molar-refractivity contribution in [1.29, 1.82) is 0 Å². The van der Waals surface area contributed by atoms with E-state index in [9.17, 15) is 4.79 Å². The molecule has 0 unspecified atom stereocenters. The summed E-state index contributed by atoms with van der Waals surface area (Å²) in [6.07, 6.45) is 2.12. The zero-order valence-corrected chi connectivity index (χ0v) is 8.80. The van der Waals surface area contributed by atoms with Crippen LogP contribution < -0.4 is 0 Å². The molecule has 0 aromatic rings. The second kappa shape index (κ2) is 4.09. The Morgan fingerprint density at radius 2 is 2.00 bits per heavy atom. The molecular formula is C10H19NO2. The summed E-state index contributed by atoms with van der Waals surface area (Å²) in [5.41, 5.74) is -0.284. The highest BCUT2D eigenvalue weighted by molar-refractivity contribution is 5.81. The van der Waals surface area contributed by atoms with Gasteiger partial charge >= 0.3 is 0 Å². The van der Waals surface area contributed by atoms with Gasteiger partial charge in [-0.3, -0.25) is 4.79 Å². The minimum absolute atomic E-state index is 0.189. The lowest BCUT2D eigenvalue weighted by Crippen LogP contribution is -2.40. The van der Waals surface area contributed by atoms with Crippen molar-refractivity contribution in [3.05, 3.63) is 0 Å². The van der Waals surface area contributed by atoms with E-state index < -0.39 is 0 Å². The molecule has 1 rings (SSSR count). The number of hydrogen-bond acceptors (Lipinski definition) is 2. The van der Waals surface area contributed by atoms with Crippen LogP contribution in [0.3, 0.4) is 0 Å². The highest BCUT2D eigenvalue weighted by Gasteiger charge is 2.27. The summed E-state index contributed by atoms with van der Waals surface area (Å²) < 4.78 is 5.33. The third kappa shape index (κ3) is 2.99. The van der Waals surface area contributed by atoms with E-state index in [1.807, 2.05) is 25.7 Å². The molecule has 0 radical (unpaired) electrons. The SMILES string of the molecule is CC(C)(C)C(=O)N1CCCCOC1. The maximum atomic E-state index is 11.8. The lowest BCUT2D eigenvalue weighted by Gasteiger charge is -2.27. The maximum Gasteiger partial charge on any atom is 0.229 e. The Balaban J connectivity index is 2.54. The second-order valence-corrected chi connectivity index (χ2v) is 4.56. The summed E-state index contributed by atoms with van der Waals surface area (Å²) >= 11 is 0. The van der Waals surface area contributed by atoms with Gasteiger partial charge in [-0.15, -0.1) is 0 Å². The third-order valence-corrected chi connectivity index (χ3v) is 2.14. The molecule has 1 saturated heterocycles. The van der Waals surface area contributed by atoms with Gasteiger partial charge in [0.25, 0.3) is 0 Å². The van der Waals surface area contributed by atoms with Gasteiger partial charge in [-0.25, -0.2) is 0 Å². The van der Waals surface area contributed by atoms with E-state index in [1.54, 1.807) is 0 Å². The molecule has 1 aliphatic heterocycles. The van der Waals surface area contributed by atoms with E-state index in [2.05, 4.69) is 0 Å². The van der Waals surface area contributed by atoms with E-state index in [0.29, 0.717) is 6.73 Å². The Morgan fingerprint density at radius 1 is 1.31 bits per heavy atom. The standard InChI is InChI=1S/C10H19NO2/c1-10(2,3)9(12)11-6-4-5-7-13-8-11/h4-8H2,1-3H3. The topological polar surface area (TPSA) is 29.5 Å². The fourth-order valence-electron chi connectivity index (χ4n) is 1.38. The second-order valence-electron chi connectivity index (χ2n) is 4.56. The van der Waals surface area contributed by atoms with Gasteiger partial charge in [-0.1, -0.05) is 20.8 Å². The van der Waals surface area contributed by atoms with Gasteiger partial charge < -0.3 is 9.64 Å². The molecule has 0 aromatic heterocycles. The van der Waals surface area contributed by atoms with Crippen molar-refractivity contribution in [3.8, 4) is 0 Å². The zero-order chi connectivity index (χ0) is 9.90. The number of amides is 1. The van der Waals surface area contributed by atoms with Crippen LogP contribution in [-0.4, -0.2) is 30.7 Å². The largest absolute Gasteiger partial charge is 0.361 e. The van der Waals surface area contributed by atoms with Crippen LogP contribution in [0.2, 0.25) is 0 Å². The molecule has 1 aliphatic rings. The number of carbonyl (C=O) groups is 1. The van der Waals surface area contributed by atoms with Crippen molar-refractivity contribution in [1.82, 2.24) is 4.90 Å². The first-order chi connectivity index (χ1) is 6.02. The fourth-order valence-corrected chi connectivity index (χ4v) is 1.38. The lowest BCUT2D eigenvalue weighted by atomic mass is 9.95. The highest BCUT2D eigenvalue weighted by Crippen LogP contribution is 2.18. The molecular weight excluding hydrogens is 166 g/mol. The van der Waals surface area contributed by atoms with Crippen LogP contribution in [0.25, 0.3) is 0 Å². The maximum absolute atomic E-state index is 11.8. The van der Waals surface area contributed by atoms with Gasteiger partial charge in [0.15, 0.2) is 0 Å². The van der Waals surface area contributed by atoms with E-state index in [0.717, 1.165) is 26.0 Å². The molecule has 1 fully saturated rings. The molecule has 0 aliphatic carbocycles. The molecule has 3 nitrogen and oxygen atoms in total. The Kier molecular flexibility index (Phi) is 3.31. The van der Waals surface area contributed by atoms with Gasteiger partial charge in [-0.2, -0.15) is 0 Å². The summed E-state index contributed by atoms with van der Waals surface area (Å²) in [5.74, 6) is 0.189. The fraction of sp³-hybridized carbons (Fsp3) is 0.900. The van der Waals surface area contributed by atoms with Crippen LogP contribution in [0.15, 0.2) is 0 Å². The van der Waals surface area contributed by atoms with Crippen molar-refractivity contribution in [2.24, 2.45) is 5.41 Å². The molecule has 0 spiro atoms. The Labute approximate surface area is 80.1 Å². The third-order valence-electron chi connectivity index (χ3n) is 2.14. The van der Waals surface area contributed by atoms with Crippen LogP contribution in [0.4, 0.5) is 0 Å². The van der Waals surface area contributed by atoms with Crippen LogP contribution in [0.5, 0.6) is 0 Å². The molecule has 76 valence electrons. The van der Waals surface area contributed by atoms with Crippen molar-refractivity contribution < 1.29 is 9.53 Å². The summed E-state index contributed by atoms with van der Waals surface area (Å²) in [6.45, 7) is 7.93. The lowest BCUT2D eigenvalue weighted by molar-refractivity contribution is -0.144. The average molecular weight is 185 g/mol. The smallest absolute Gasteiger partial charge is 0.229 e. The van der Waals surface area contributed by atoms with E-state index in [-0.39, 0.29) is 11.3 Å². The number of nitrogens with zero attached hydrogens (tertiary/aromatic N) is 1. The molecule has 0 saturated carbocycles. The number of rotatable bonds is 0. The Morgan fingerprint density at radius 3 is 2.62 bits per heavy atom. The van der Waals surface area contributed by atoms with E-state index >= 15 is 0 Å². The molecule has 1 amide bonds. The number of ether oxygens (including phenoxy) is 1. The summed E-state index contributed by atoms with van der Waals surface area (Å²) in [4.78, 5) is 13.6. The minimum atomic E-state index is -0.284.